The highest BCUT2D eigenvalue weighted by atomic mass is 32.1. The molecule has 1 N–H and O–H groups in total. The number of nitrogens with zero attached hydrogens (tertiary/aromatic N) is 2. The number of benzene rings is 1. The number of fused-ring (bicyclic) bond motifs is 2. The molecular formula is C21H19N3O4S2. The number of para-hydroxylation sites is 2. The predicted octanol–water partition coefficient (Wildman–Crippen LogP) is 3.57. The van der Waals surface area contributed by atoms with Crippen LogP contribution in [-0.4, -0.2) is 40.5 Å². The van der Waals surface area contributed by atoms with Crippen LogP contribution in [0.5, 0.6) is 11.5 Å². The number of nitrogens with one attached hydrogen (secondary N) is 1. The van der Waals surface area contributed by atoms with Crippen LogP contribution in [0.25, 0.3) is 0 Å². The zero-order valence-corrected chi connectivity index (χ0v) is 17.8. The van der Waals surface area contributed by atoms with E-state index in [0.29, 0.717) is 41.7 Å². The normalized spacial score (nSPS) is 19.8. The second-order valence-corrected chi connectivity index (χ2v) is 9.04. The Hall–Kier alpha value is -2.91. The Kier molecular flexibility index (Phi) is 4.92. The molecule has 30 heavy (non-hydrogen) atoms. The first-order chi connectivity index (χ1) is 14.6. The van der Waals surface area contributed by atoms with Crippen molar-refractivity contribution >= 4 is 39.6 Å². The Bertz CT molecular complexity index is 1100. The Morgan fingerprint density at radius 2 is 2.00 bits per heavy atom. The maximum Gasteiger partial charge on any atom is 0.267 e. The predicted molar refractivity (Wildman–Crippen MR) is 114 cm³/mol. The number of ether oxygens (including phenoxy) is 2. The van der Waals surface area contributed by atoms with Crippen LogP contribution in [-0.2, 0) is 17.8 Å². The summed E-state index contributed by atoms with van der Waals surface area (Å²) in [5, 5.41) is 7.08. The lowest BCUT2D eigenvalue weighted by molar-refractivity contribution is -0.145. The van der Waals surface area contributed by atoms with Crippen molar-refractivity contribution in [2.75, 3.05) is 11.9 Å². The standard InChI is InChI=1S/C21H19N3O4S2/c1-12-18(28-16-5-3-2-4-15(16)27-12)20(26)24-8-6-14-17(10-24)30-21(22-14)23-19(25)13-7-9-29-11-13/h2-5,7,9,11-12,18H,6,8,10H2,1H3,(H,22,23,25). The summed E-state index contributed by atoms with van der Waals surface area (Å²) in [4.78, 5) is 32.7. The lowest BCUT2D eigenvalue weighted by Crippen LogP contribution is -2.51. The third-order valence-corrected chi connectivity index (χ3v) is 6.81. The van der Waals surface area contributed by atoms with E-state index in [4.69, 9.17) is 9.47 Å². The first-order valence-electron chi connectivity index (χ1n) is 9.62. The maximum absolute atomic E-state index is 13.2. The number of carbonyl (C=O) groups excluding carboxylic acids is 2. The van der Waals surface area contributed by atoms with Crippen molar-refractivity contribution in [1.29, 1.82) is 0 Å². The van der Waals surface area contributed by atoms with Crippen molar-refractivity contribution in [2.45, 2.75) is 32.1 Å². The first kappa shape index (κ1) is 19.1. The number of aromatic nitrogens is 1. The van der Waals surface area contributed by atoms with Crippen LogP contribution in [0.1, 0.15) is 27.9 Å². The molecule has 2 atom stereocenters. The Morgan fingerprint density at radius 1 is 1.20 bits per heavy atom. The SMILES string of the molecule is CC1Oc2ccccc2OC1C(=O)N1CCc2nc(NC(=O)c3ccsc3)sc2C1. The van der Waals surface area contributed by atoms with E-state index < -0.39 is 6.10 Å². The molecule has 0 saturated heterocycles. The molecule has 2 amide bonds. The monoisotopic (exact) mass is 441 g/mol. The smallest absolute Gasteiger partial charge is 0.267 e. The molecule has 5 rings (SSSR count). The zero-order valence-electron chi connectivity index (χ0n) is 16.2. The van der Waals surface area contributed by atoms with Gasteiger partial charge in [-0.3, -0.25) is 14.9 Å². The van der Waals surface area contributed by atoms with E-state index in [9.17, 15) is 9.59 Å². The van der Waals surface area contributed by atoms with Crippen LogP contribution < -0.4 is 14.8 Å². The summed E-state index contributed by atoms with van der Waals surface area (Å²) in [7, 11) is 0. The molecule has 1 aromatic carbocycles. The summed E-state index contributed by atoms with van der Waals surface area (Å²) in [5.41, 5.74) is 1.55. The quantitative estimate of drug-likeness (QED) is 0.672. The van der Waals surface area contributed by atoms with Gasteiger partial charge in [0.15, 0.2) is 16.6 Å². The van der Waals surface area contributed by atoms with E-state index in [1.807, 2.05) is 30.5 Å². The number of hydrogen-bond donors (Lipinski definition) is 1. The average Bonchev–Trinajstić information content (AvgIpc) is 3.41. The van der Waals surface area contributed by atoms with Crippen LogP contribution in [0.2, 0.25) is 0 Å². The van der Waals surface area contributed by atoms with E-state index in [1.165, 1.54) is 22.7 Å². The van der Waals surface area contributed by atoms with E-state index in [2.05, 4.69) is 10.3 Å². The van der Waals surface area contributed by atoms with Crippen LogP contribution in [0.15, 0.2) is 41.1 Å². The third-order valence-electron chi connectivity index (χ3n) is 5.13. The van der Waals surface area contributed by atoms with Gasteiger partial charge < -0.3 is 14.4 Å². The molecule has 2 aliphatic heterocycles. The lowest BCUT2D eigenvalue weighted by Gasteiger charge is -2.35. The molecule has 0 bridgehead atoms. The van der Waals surface area contributed by atoms with E-state index in [-0.39, 0.29) is 17.9 Å². The molecule has 4 heterocycles. The highest BCUT2D eigenvalue weighted by Gasteiger charge is 2.38. The summed E-state index contributed by atoms with van der Waals surface area (Å²) in [6.45, 7) is 2.86. The van der Waals surface area contributed by atoms with Crippen molar-refractivity contribution in [3.05, 3.63) is 57.2 Å². The molecule has 2 aromatic heterocycles. The van der Waals surface area contributed by atoms with E-state index in [0.717, 1.165) is 10.6 Å². The molecule has 0 saturated carbocycles. The van der Waals surface area contributed by atoms with Crippen molar-refractivity contribution in [3.63, 3.8) is 0 Å². The van der Waals surface area contributed by atoms with Gasteiger partial charge in [0.05, 0.1) is 17.8 Å². The minimum Gasteiger partial charge on any atom is -0.482 e. The Morgan fingerprint density at radius 3 is 2.77 bits per heavy atom. The molecule has 0 radical (unpaired) electrons. The Balaban J connectivity index is 1.28. The fourth-order valence-corrected chi connectivity index (χ4v) is 5.23. The summed E-state index contributed by atoms with van der Waals surface area (Å²) >= 11 is 2.89. The van der Waals surface area contributed by atoms with Gasteiger partial charge in [-0.25, -0.2) is 4.98 Å². The van der Waals surface area contributed by atoms with Crippen molar-refractivity contribution in [1.82, 2.24) is 9.88 Å². The lowest BCUT2D eigenvalue weighted by atomic mass is 10.1. The topological polar surface area (TPSA) is 80.8 Å². The number of anilines is 1. The van der Waals surface area contributed by atoms with Gasteiger partial charge in [-0.2, -0.15) is 11.3 Å². The van der Waals surface area contributed by atoms with Crippen LogP contribution in [0.3, 0.4) is 0 Å². The molecule has 9 heteroatoms. The highest BCUT2D eigenvalue weighted by molar-refractivity contribution is 7.16. The molecular weight excluding hydrogens is 422 g/mol. The van der Waals surface area contributed by atoms with Gasteiger partial charge in [0.2, 0.25) is 6.10 Å². The van der Waals surface area contributed by atoms with Gasteiger partial charge in [-0.1, -0.05) is 23.5 Å². The van der Waals surface area contributed by atoms with Gasteiger partial charge in [-0.05, 0) is 30.5 Å². The number of thiazole rings is 1. The number of hydrogen-bond acceptors (Lipinski definition) is 7. The second kappa shape index (κ2) is 7.73. The Labute approximate surface area is 181 Å². The molecule has 0 fully saturated rings. The third kappa shape index (κ3) is 3.54. The number of amides is 2. The van der Waals surface area contributed by atoms with Gasteiger partial charge in [0, 0.05) is 23.2 Å². The summed E-state index contributed by atoms with van der Waals surface area (Å²) in [5.74, 6) is 0.974. The summed E-state index contributed by atoms with van der Waals surface area (Å²) in [6, 6.07) is 9.15. The fraction of sp³-hybridized carbons (Fsp3) is 0.286. The van der Waals surface area contributed by atoms with Crippen molar-refractivity contribution in [2.24, 2.45) is 0 Å². The van der Waals surface area contributed by atoms with Crippen LogP contribution in [0.4, 0.5) is 5.13 Å². The molecule has 2 aliphatic rings. The van der Waals surface area contributed by atoms with Crippen LogP contribution in [0, 0.1) is 0 Å². The van der Waals surface area contributed by atoms with Gasteiger partial charge in [0.25, 0.3) is 11.8 Å². The second-order valence-electron chi connectivity index (χ2n) is 7.17. The molecule has 0 spiro atoms. The largest absolute Gasteiger partial charge is 0.482 e. The van der Waals surface area contributed by atoms with Gasteiger partial charge >= 0.3 is 0 Å². The maximum atomic E-state index is 13.2. The molecule has 7 nitrogen and oxygen atoms in total. The minimum absolute atomic E-state index is 0.0973. The molecule has 3 aromatic rings. The van der Waals surface area contributed by atoms with Gasteiger partial charge in [-0.15, -0.1) is 0 Å². The van der Waals surface area contributed by atoms with Crippen molar-refractivity contribution in [3.8, 4) is 11.5 Å². The minimum atomic E-state index is -0.688. The molecule has 154 valence electrons. The average molecular weight is 442 g/mol. The highest BCUT2D eigenvalue weighted by Crippen LogP contribution is 2.35. The van der Waals surface area contributed by atoms with Gasteiger partial charge in [0.1, 0.15) is 6.10 Å². The number of thiophene rings is 1. The van der Waals surface area contributed by atoms with Crippen molar-refractivity contribution < 1.29 is 19.1 Å². The number of rotatable bonds is 3. The molecule has 0 aliphatic carbocycles. The molecule has 2 unspecified atom stereocenters. The summed E-state index contributed by atoms with van der Waals surface area (Å²) in [6.07, 6.45) is -0.424. The van der Waals surface area contributed by atoms with E-state index >= 15 is 0 Å². The van der Waals surface area contributed by atoms with Crippen LogP contribution >= 0.6 is 22.7 Å². The fourth-order valence-electron chi connectivity index (χ4n) is 3.57. The number of carbonyl (C=O) groups is 2. The summed E-state index contributed by atoms with van der Waals surface area (Å²) < 4.78 is 11.8. The first-order valence-corrected chi connectivity index (χ1v) is 11.4. The zero-order chi connectivity index (χ0) is 20.7. The van der Waals surface area contributed by atoms with E-state index in [1.54, 1.807) is 22.4 Å².